The van der Waals surface area contributed by atoms with E-state index in [1.54, 1.807) is 20.3 Å². The summed E-state index contributed by atoms with van der Waals surface area (Å²) in [5.74, 6) is 1.70. The Morgan fingerprint density at radius 3 is 2.27 bits per heavy atom. The van der Waals surface area contributed by atoms with Gasteiger partial charge in [-0.2, -0.15) is 0 Å². The Kier molecular flexibility index (Phi) is 5.63. The molecular formula is C17H22N2O3. The van der Waals surface area contributed by atoms with Crippen LogP contribution in [0, 0.1) is 0 Å². The molecule has 0 aliphatic heterocycles. The van der Waals surface area contributed by atoms with Crippen molar-refractivity contribution in [3.05, 3.63) is 53.6 Å². The maximum absolute atomic E-state index is 6.08. The summed E-state index contributed by atoms with van der Waals surface area (Å²) >= 11 is 0. The molecule has 22 heavy (non-hydrogen) atoms. The second-order valence-corrected chi connectivity index (χ2v) is 4.84. The first-order valence-corrected chi connectivity index (χ1v) is 7.08. The summed E-state index contributed by atoms with van der Waals surface area (Å²) in [6, 6.07) is 13.2. The highest BCUT2D eigenvalue weighted by atomic mass is 16.5. The van der Waals surface area contributed by atoms with Crippen LogP contribution >= 0.6 is 0 Å². The molecule has 0 bridgehead atoms. The number of benzene rings is 2. The van der Waals surface area contributed by atoms with Crippen LogP contribution in [0.3, 0.4) is 0 Å². The van der Waals surface area contributed by atoms with E-state index in [9.17, 15) is 0 Å². The maximum atomic E-state index is 6.08. The third-order valence-electron chi connectivity index (χ3n) is 3.41. The van der Waals surface area contributed by atoms with Crippen LogP contribution in [0.2, 0.25) is 0 Å². The molecule has 1 atom stereocenters. The fraction of sp³-hybridized carbons (Fsp3) is 0.294. The molecule has 0 saturated carbocycles. The zero-order chi connectivity index (χ0) is 15.9. The van der Waals surface area contributed by atoms with E-state index in [1.807, 2.05) is 36.4 Å². The Bertz CT molecular complexity index is 602. The second kappa shape index (κ2) is 7.68. The van der Waals surface area contributed by atoms with Gasteiger partial charge in [0, 0.05) is 18.2 Å². The van der Waals surface area contributed by atoms with Crippen LogP contribution in [0.5, 0.6) is 17.2 Å². The van der Waals surface area contributed by atoms with Crippen LogP contribution < -0.4 is 25.7 Å². The van der Waals surface area contributed by atoms with Gasteiger partial charge in [0.15, 0.2) is 11.5 Å². The van der Waals surface area contributed by atoms with E-state index >= 15 is 0 Å². The van der Waals surface area contributed by atoms with Gasteiger partial charge in [-0.05, 0) is 17.7 Å². The molecule has 0 heterocycles. The molecule has 0 aromatic heterocycles. The number of rotatable bonds is 7. The Hall–Kier alpha value is -2.24. The van der Waals surface area contributed by atoms with Crippen LogP contribution in [0.4, 0.5) is 0 Å². The van der Waals surface area contributed by atoms with Gasteiger partial charge in [0.1, 0.15) is 6.61 Å². The van der Waals surface area contributed by atoms with E-state index in [4.69, 9.17) is 25.7 Å². The third-order valence-corrected chi connectivity index (χ3v) is 3.41. The SMILES string of the molecule is COc1ccc(C(N)CN)c(OCc2ccccc2)c1OC. The minimum absolute atomic E-state index is 0.317. The van der Waals surface area contributed by atoms with Gasteiger partial charge in [-0.1, -0.05) is 30.3 Å². The molecule has 4 N–H and O–H groups in total. The summed E-state index contributed by atoms with van der Waals surface area (Å²) in [6.07, 6.45) is 0. The molecular weight excluding hydrogens is 280 g/mol. The molecule has 0 aliphatic rings. The first-order chi connectivity index (χ1) is 10.7. The predicted molar refractivity (Wildman–Crippen MR) is 86.3 cm³/mol. The van der Waals surface area contributed by atoms with Gasteiger partial charge in [0.25, 0.3) is 0 Å². The molecule has 0 amide bonds. The van der Waals surface area contributed by atoms with E-state index in [0.717, 1.165) is 11.1 Å². The van der Waals surface area contributed by atoms with Crippen LogP contribution in [0.1, 0.15) is 17.2 Å². The highest BCUT2D eigenvalue weighted by Crippen LogP contribution is 2.42. The van der Waals surface area contributed by atoms with E-state index in [2.05, 4.69) is 0 Å². The third kappa shape index (κ3) is 3.50. The molecule has 0 spiro atoms. The summed E-state index contributed by atoms with van der Waals surface area (Å²) in [7, 11) is 3.16. The Labute approximate surface area is 130 Å². The Morgan fingerprint density at radius 1 is 0.955 bits per heavy atom. The minimum atomic E-state index is -0.328. The van der Waals surface area contributed by atoms with Gasteiger partial charge in [-0.25, -0.2) is 0 Å². The summed E-state index contributed by atoms with van der Waals surface area (Å²) in [4.78, 5) is 0. The lowest BCUT2D eigenvalue weighted by Gasteiger charge is -2.20. The molecule has 2 rings (SSSR count). The quantitative estimate of drug-likeness (QED) is 0.820. The maximum Gasteiger partial charge on any atom is 0.203 e. The Balaban J connectivity index is 2.36. The largest absolute Gasteiger partial charge is 0.493 e. The average Bonchev–Trinajstić information content (AvgIpc) is 2.59. The number of hydrogen-bond donors (Lipinski definition) is 2. The average molecular weight is 302 g/mol. The van der Waals surface area contributed by atoms with Gasteiger partial charge < -0.3 is 25.7 Å². The van der Waals surface area contributed by atoms with Crippen molar-refractivity contribution in [2.45, 2.75) is 12.6 Å². The van der Waals surface area contributed by atoms with Gasteiger partial charge >= 0.3 is 0 Å². The molecule has 5 nitrogen and oxygen atoms in total. The van der Waals surface area contributed by atoms with E-state index in [1.165, 1.54) is 0 Å². The lowest BCUT2D eigenvalue weighted by molar-refractivity contribution is 0.271. The molecule has 2 aromatic rings. The van der Waals surface area contributed by atoms with Crippen LogP contribution in [-0.4, -0.2) is 20.8 Å². The lowest BCUT2D eigenvalue weighted by atomic mass is 10.1. The van der Waals surface area contributed by atoms with Crippen molar-refractivity contribution in [3.8, 4) is 17.2 Å². The van der Waals surface area contributed by atoms with Crippen LogP contribution in [0.25, 0.3) is 0 Å². The van der Waals surface area contributed by atoms with Crippen LogP contribution in [-0.2, 0) is 6.61 Å². The number of hydrogen-bond acceptors (Lipinski definition) is 5. The van der Waals surface area contributed by atoms with Crippen LogP contribution in [0.15, 0.2) is 42.5 Å². The lowest BCUT2D eigenvalue weighted by Crippen LogP contribution is -2.21. The van der Waals surface area contributed by atoms with Crippen molar-refractivity contribution in [3.63, 3.8) is 0 Å². The smallest absolute Gasteiger partial charge is 0.203 e. The minimum Gasteiger partial charge on any atom is -0.493 e. The van der Waals surface area contributed by atoms with E-state index in [-0.39, 0.29) is 6.04 Å². The second-order valence-electron chi connectivity index (χ2n) is 4.84. The molecule has 2 aromatic carbocycles. The molecule has 0 fully saturated rings. The molecule has 118 valence electrons. The van der Waals surface area contributed by atoms with Gasteiger partial charge in [0.2, 0.25) is 5.75 Å². The van der Waals surface area contributed by atoms with Crippen molar-refractivity contribution >= 4 is 0 Å². The van der Waals surface area contributed by atoms with Crippen molar-refractivity contribution in [1.29, 1.82) is 0 Å². The van der Waals surface area contributed by atoms with Gasteiger partial charge in [0.05, 0.1) is 14.2 Å². The summed E-state index contributed by atoms with van der Waals surface area (Å²) in [5, 5.41) is 0. The van der Waals surface area contributed by atoms with E-state index < -0.39 is 0 Å². The Morgan fingerprint density at radius 2 is 1.68 bits per heavy atom. The topological polar surface area (TPSA) is 79.7 Å². The fourth-order valence-electron chi connectivity index (χ4n) is 2.21. The highest BCUT2D eigenvalue weighted by molar-refractivity contribution is 5.56. The van der Waals surface area contributed by atoms with Crippen molar-refractivity contribution < 1.29 is 14.2 Å². The first-order valence-electron chi connectivity index (χ1n) is 7.08. The number of ether oxygens (including phenoxy) is 3. The number of methoxy groups -OCH3 is 2. The summed E-state index contributed by atoms with van der Waals surface area (Å²) in [6.45, 7) is 0.728. The molecule has 0 saturated heterocycles. The zero-order valence-corrected chi connectivity index (χ0v) is 12.9. The van der Waals surface area contributed by atoms with Crippen molar-refractivity contribution in [2.24, 2.45) is 11.5 Å². The molecule has 0 aliphatic carbocycles. The molecule has 5 heteroatoms. The van der Waals surface area contributed by atoms with Gasteiger partial charge in [-0.3, -0.25) is 0 Å². The summed E-state index contributed by atoms with van der Waals surface area (Å²) in [5.41, 5.74) is 13.6. The molecule has 1 unspecified atom stereocenters. The van der Waals surface area contributed by atoms with Crippen molar-refractivity contribution in [2.75, 3.05) is 20.8 Å². The highest BCUT2D eigenvalue weighted by Gasteiger charge is 2.20. The fourth-order valence-corrected chi connectivity index (χ4v) is 2.21. The monoisotopic (exact) mass is 302 g/mol. The predicted octanol–water partition coefficient (Wildman–Crippen LogP) is 2.24. The van der Waals surface area contributed by atoms with E-state index in [0.29, 0.717) is 30.4 Å². The number of nitrogens with two attached hydrogens (primary N) is 2. The zero-order valence-electron chi connectivity index (χ0n) is 12.9. The normalized spacial score (nSPS) is 11.8. The summed E-state index contributed by atoms with van der Waals surface area (Å²) < 4.78 is 16.7. The molecule has 0 radical (unpaired) electrons. The van der Waals surface area contributed by atoms with Gasteiger partial charge in [-0.15, -0.1) is 0 Å². The first kappa shape index (κ1) is 16.1. The van der Waals surface area contributed by atoms with Crippen molar-refractivity contribution in [1.82, 2.24) is 0 Å². The standard InChI is InChI=1S/C17H22N2O3/c1-20-15-9-8-13(14(19)10-18)16(17(15)21-2)22-11-12-6-4-3-5-7-12/h3-9,14H,10-11,18-19H2,1-2H3.